The van der Waals surface area contributed by atoms with Crippen LogP contribution in [0.15, 0.2) is 46.6 Å². The van der Waals surface area contributed by atoms with Crippen molar-refractivity contribution in [3.8, 4) is 11.5 Å². The molecule has 1 aliphatic rings. The third-order valence-electron chi connectivity index (χ3n) is 4.19. The van der Waals surface area contributed by atoms with E-state index < -0.39 is 24.5 Å². The van der Waals surface area contributed by atoms with Gasteiger partial charge in [-0.2, -0.15) is 0 Å². The van der Waals surface area contributed by atoms with Crippen molar-refractivity contribution in [1.29, 1.82) is 0 Å². The van der Waals surface area contributed by atoms with Crippen molar-refractivity contribution < 1.29 is 29.0 Å². The molecule has 2 aromatic carbocycles. The van der Waals surface area contributed by atoms with E-state index in [9.17, 15) is 14.4 Å². The quantitative estimate of drug-likeness (QED) is 0.270. The normalized spacial score (nSPS) is 14.7. The number of urea groups is 1. The van der Waals surface area contributed by atoms with Gasteiger partial charge in [-0.1, -0.05) is 28.1 Å². The number of benzene rings is 2. The molecule has 0 unspecified atom stereocenters. The molecule has 1 saturated heterocycles. The highest BCUT2D eigenvalue weighted by Crippen LogP contribution is 2.35. The van der Waals surface area contributed by atoms with Crippen molar-refractivity contribution in [2.45, 2.75) is 13.5 Å². The number of aliphatic carboxylic acids is 1. The molecule has 0 saturated carbocycles. The molecule has 2 aromatic rings. The number of nitrogens with one attached hydrogen (secondary N) is 1. The molecule has 162 valence electrons. The summed E-state index contributed by atoms with van der Waals surface area (Å²) in [4.78, 5) is 35.7. The molecular weight excluding hydrogens is 583 g/mol. The molecule has 2 N–H and O–H groups in total. The molecule has 0 radical (unpaired) electrons. The van der Waals surface area contributed by atoms with Crippen LogP contribution in [0.5, 0.6) is 11.5 Å². The molecule has 0 aromatic heterocycles. The van der Waals surface area contributed by atoms with Crippen LogP contribution in [-0.2, 0) is 16.2 Å². The summed E-state index contributed by atoms with van der Waals surface area (Å²) in [5.74, 6) is -0.902. The van der Waals surface area contributed by atoms with Crippen LogP contribution in [0.25, 0.3) is 6.08 Å². The first-order valence-electron chi connectivity index (χ1n) is 9.18. The average Bonchev–Trinajstić information content (AvgIpc) is 2.96. The molecule has 10 heteroatoms. The first kappa shape index (κ1) is 23.1. The molecule has 0 bridgehead atoms. The predicted molar refractivity (Wildman–Crippen MR) is 125 cm³/mol. The van der Waals surface area contributed by atoms with Gasteiger partial charge in [-0.25, -0.2) is 9.69 Å². The third kappa shape index (κ3) is 5.76. The number of amides is 3. The summed E-state index contributed by atoms with van der Waals surface area (Å²) in [6.07, 6.45) is 1.48. The smallest absolute Gasteiger partial charge is 0.329 e. The molecule has 1 aliphatic heterocycles. The highest BCUT2D eigenvalue weighted by Gasteiger charge is 2.34. The standard InChI is InChI=1S/C21H18BrIN2O6/c1-2-30-17-9-13(8-16-20(28)25(10-18(26)27)21(29)24-16)7-15(23)19(17)31-11-12-3-5-14(22)6-4-12/h3-9H,2,10-11H2,1H3,(H,24,29)(H,26,27)/b16-8+. The molecule has 0 atom stereocenters. The van der Waals surface area contributed by atoms with E-state index in [1.165, 1.54) is 6.08 Å². The van der Waals surface area contributed by atoms with Crippen molar-refractivity contribution in [1.82, 2.24) is 10.2 Å². The number of nitrogens with zero attached hydrogens (tertiary/aromatic N) is 1. The fourth-order valence-electron chi connectivity index (χ4n) is 2.83. The van der Waals surface area contributed by atoms with Crippen LogP contribution in [0.3, 0.4) is 0 Å². The number of imide groups is 1. The molecule has 0 spiro atoms. The van der Waals surface area contributed by atoms with Gasteiger partial charge in [0.2, 0.25) is 0 Å². The maximum atomic E-state index is 12.4. The van der Waals surface area contributed by atoms with Gasteiger partial charge in [0.25, 0.3) is 5.91 Å². The van der Waals surface area contributed by atoms with Gasteiger partial charge in [-0.3, -0.25) is 9.59 Å². The van der Waals surface area contributed by atoms with E-state index in [2.05, 4.69) is 43.8 Å². The lowest BCUT2D eigenvalue weighted by Crippen LogP contribution is -2.35. The zero-order valence-corrected chi connectivity index (χ0v) is 20.1. The second kappa shape index (κ2) is 10.1. The van der Waals surface area contributed by atoms with E-state index in [0.29, 0.717) is 35.2 Å². The minimum Gasteiger partial charge on any atom is -0.490 e. The van der Waals surface area contributed by atoms with Gasteiger partial charge < -0.3 is 19.9 Å². The Morgan fingerprint density at radius 1 is 1.23 bits per heavy atom. The topological polar surface area (TPSA) is 105 Å². The van der Waals surface area contributed by atoms with Crippen molar-refractivity contribution >= 4 is 62.5 Å². The Morgan fingerprint density at radius 3 is 2.58 bits per heavy atom. The number of rotatable bonds is 8. The molecule has 0 aliphatic carbocycles. The molecule has 1 fully saturated rings. The molecule has 31 heavy (non-hydrogen) atoms. The minimum absolute atomic E-state index is 0.00645. The number of ether oxygens (including phenoxy) is 2. The Labute approximate surface area is 200 Å². The van der Waals surface area contributed by atoms with E-state index in [1.54, 1.807) is 12.1 Å². The average molecular weight is 601 g/mol. The number of carbonyl (C=O) groups is 3. The van der Waals surface area contributed by atoms with Gasteiger partial charge in [0, 0.05) is 4.47 Å². The van der Waals surface area contributed by atoms with Crippen LogP contribution in [-0.4, -0.2) is 41.1 Å². The van der Waals surface area contributed by atoms with Gasteiger partial charge in [0.15, 0.2) is 11.5 Å². The monoisotopic (exact) mass is 600 g/mol. The van der Waals surface area contributed by atoms with E-state index in [1.807, 2.05) is 31.2 Å². The zero-order valence-electron chi connectivity index (χ0n) is 16.4. The predicted octanol–water partition coefficient (Wildman–Crippen LogP) is 4.01. The Bertz CT molecular complexity index is 1050. The zero-order chi connectivity index (χ0) is 22.5. The highest BCUT2D eigenvalue weighted by atomic mass is 127. The van der Waals surface area contributed by atoms with E-state index in [-0.39, 0.29) is 5.70 Å². The van der Waals surface area contributed by atoms with E-state index >= 15 is 0 Å². The van der Waals surface area contributed by atoms with Crippen LogP contribution in [0, 0.1) is 3.57 Å². The first-order chi connectivity index (χ1) is 14.8. The number of hydrogen-bond acceptors (Lipinski definition) is 5. The van der Waals surface area contributed by atoms with Gasteiger partial charge >= 0.3 is 12.0 Å². The summed E-state index contributed by atoms with van der Waals surface area (Å²) in [5.41, 5.74) is 1.59. The number of carboxylic acids is 1. The Hall–Kier alpha value is -2.60. The van der Waals surface area contributed by atoms with Crippen LogP contribution >= 0.6 is 38.5 Å². The second-order valence-corrected chi connectivity index (χ2v) is 8.53. The van der Waals surface area contributed by atoms with E-state index in [0.717, 1.165) is 13.6 Å². The van der Waals surface area contributed by atoms with Crippen molar-refractivity contribution in [2.75, 3.05) is 13.2 Å². The number of halogens is 2. The maximum absolute atomic E-state index is 12.4. The summed E-state index contributed by atoms with van der Waals surface area (Å²) in [7, 11) is 0. The van der Waals surface area contributed by atoms with Gasteiger partial charge in [-0.15, -0.1) is 0 Å². The third-order valence-corrected chi connectivity index (χ3v) is 5.52. The summed E-state index contributed by atoms with van der Waals surface area (Å²) in [6.45, 7) is 1.91. The summed E-state index contributed by atoms with van der Waals surface area (Å²) in [5, 5.41) is 11.3. The number of hydrogen-bond donors (Lipinski definition) is 2. The van der Waals surface area contributed by atoms with Crippen molar-refractivity contribution in [2.24, 2.45) is 0 Å². The minimum atomic E-state index is -1.27. The summed E-state index contributed by atoms with van der Waals surface area (Å²) >= 11 is 5.52. The largest absolute Gasteiger partial charge is 0.490 e. The van der Waals surface area contributed by atoms with Crippen LogP contribution in [0.2, 0.25) is 0 Å². The molecule has 3 rings (SSSR count). The fourth-order valence-corrected chi connectivity index (χ4v) is 3.87. The SMILES string of the molecule is CCOc1cc(/C=C2/NC(=O)N(CC(=O)O)C2=O)cc(I)c1OCc1ccc(Br)cc1. The lowest BCUT2D eigenvalue weighted by atomic mass is 10.1. The second-order valence-electron chi connectivity index (χ2n) is 6.45. The van der Waals surface area contributed by atoms with Crippen molar-refractivity contribution in [3.63, 3.8) is 0 Å². The summed E-state index contributed by atoms with van der Waals surface area (Å²) < 4.78 is 13.5. The van der Waals surface area contributed by atoms with Crippen LogP contribution in [0.4, 0.5) is 4.79 Å². The maximum Gasteiger partial charge on any atom is 0.329 e. The molecule has 3 amide bonds. The Morgan fingerprint density at radius 2 is 1.94 bits per heavy atom. The summed E-state index contributed by atoms with van der Waals surface area (Å²) in [6, 6.07) is 10.5. The molecule has 8 nitrogen and oxygen atoms in total. The highest BCUT2D eigenvalue weighted by molar-refractivity contribution is 14.1. The lowest BCUT2D eigenvalue weighted by Gasteiger charge is -2.15. The van der Waals surface area contributed by atoms with Crippen molar-refractivity contribution in [3.05, 3.63) is 61.3 Å². The molecular formula is C21H18BrIN2O6. The lowest BCUT2D eigenvalue weighted by molar-refractivity contribution is -0.140. The van der Waals surface area contributed by atoms with Crippen LogP contribution < -0.4 is 14.8 Å². The van der Waals surface area contributed by atoms with E-state index in [4.69, 9.17) is 14.6 Å². The van der Waals surface area contributed by atoms with Gasteiger partial charge in [0.05, 0.1) is 10.2 Å². The van der Waals surface area contributed by atoms with Gasteiger partial charge in [-0.05, 0) is 71.0 Å². The van der Waals surface area contributed by atoms with Gasteiger partial charge in [0.1, 0.15) is 18.8 Å². The molecule has 1 heterocycles. The fraction of sp³-hybridized carbons (Fsp3) is 0.190. The number of carboxylic acid groups (broad SMARTS) is 1. The first-order valence-corrected chi connectivity index (χ1v) is 11.1. The number of carbonyl (C=O) groups excluding carboxylic acids is 2. The Balaban J connectivity index is 1.85. The van der Waals surface area contributed by atoms with Crippen LogP contribution in [0.1, 0.15) is 18.1 Å². The Kier molecular flexibility index (Phi) is 7.55.